The van der Waals surface area contributed by atoms with Crippen molar-refractivity contribution in [3.05, 3.63) is 25.0 Å². The minimum absolute atomic E-state index is 0.190. The van der Waals surface area contributed by atoms with Gasteiger partial charge in [0.1, 0.15) is 0 Å². The first kappa shape index (κ1) is 8.75. The first-order chi connectivity index (χ1) is 4.81. The Morgan fingerprint density at radius 3 is 3.00 bits per heavy atom. The van der Waals surface area contributed by atoms with Crippen molar-refractivity contribution in [2.75, 3.05) is 6.73 Å². The van der Waals surface area contributed by atoms with Gasteiger partial charge in [-0.25, -0.2) is 0 Å². The first-order valence-corrected chi connectivity index (χ1v) is 2.94. The van der Waals surface area contributed by atoms with E-state index in [0.717, 1.165) is 0 Å². The third kappa shape index (κ3) is 4.90. The quantitative estimate of drug-likeness (QED) is 0.272. The summed E-state index contributed by atoms with van der Waals surface area (Å²) < 4.78 is 4.80. The molecule has 1 amide bonds. The number of allylic oxidation sites excluding steroid dienone is 1. The van der Waals surface area contributed by atoms with Crippen LogP contribution in [-0.4, -0.2) is 12.6 Å². The lowest BCUT2D eigenvalue weighted by molar-refractivity contribution is -0.117. The zero-order valence-electron chi connectivity index (χ0n) is 5.96. The smallest absolute Gasteiger partial charge is 0.245 e. The van der Waals surface area contributed by atoms with E-state index >= 15 is 0 Å². The predicted molar refractivity (Wildman–Crippen MR) is 39.1 cm³/mol. The fourth-order valence-corrected chi connectivity index (χ4v) is 0.329. The van der Waals surface area contributed by atoms with E-state index < -0.39 is 0 Å². The Balaban J connectivity index is 3.19. The fourth-order valence-electron chi connectivity index (χ4n) is 0.329. The summed E-state index contributed by atoms with van der Waals surface area (Å²) in [6.45, 7) is 5.29. The summed E-state index contributed by atoms with van der Waals surface area (Å²) >= 11 is 0. The van der Waals surface area contributed by atoms with Gasteiger partial charge in [-0.05, 0) is 13.0 Å². The topological polar surface area (TPSA) is 38.3 Å². The second kappa shape index (κ2) is 5.88. The van der Waals surface area contributed by atoms with Crippen LogP contribution in [-0.2, 0) is 9.53 Å². The van der Waals surface area contributed by atoms with E-state index in [-0.39, 0.29) is 12.6 Å². The molecule has 0 atom stereocenters. The molecule has 0 bridgehead atoms. The van der Waals surface area contributed by atoms with Crippen molar-refractivity contribution in [3.63, 3.8) is 0 Å². The van der Waals surface area contributed by atoms with Crippen LogP contribution < -0.4 is 5.32 Å². The van der Waals surface area contributed by atoms with Crippen molar-refractivity contribution in [3.8, 4) is 0 Å². The fraction of sp³-hybridized carbons (Fsp3) is 0.286. The van der Waals surface area contributed by atoms with Gasteiger partial charge in [0.15, 0.2) is 6.73 Å². The van der Waals surface area contributed by atoms with Gasteiger partial charge in [0.25, 0.3) is 0 Å². The molecule has 0 unspecified atom stereocenters. The molecule has 3 heteroatoms. The molecule has 0 aromatic heterocycles. The van der Waals surface area contributed by atoms with E-state index in [4.69, 9.17) is 4.74 Å². The molecule has 0 aliphatic rings. The second-order valence-corrected chi connectivity index (χ2v) is 1.53. The summed E-state index contributed by atoms with van der Waals surface area (Å²) in [7, 11) is 0. The lowest BCUT2D eigenvalue weighted by Crippen LogP contribution is -2.22. The van der Waals surface area contributed by atoms with Crippen molar-refractivity contribution in [1.82, 2.24) is 5.32 Å². The highest BCUT2D eigenvalue weighted by Crippen LogP contribution is 1.73. The lowest BCUT2D eigenvalue weighted by atomic mass is 10.6. The van der Waals surface area contributed by atoms with Crippen molar-refractivity contribution in [1.29, 1.82) is 0 Å². The van der Waals surface area contributed by atoms with Gasteiger partial charge in [-0.2, -0.15) is 0 Å². The van der Waals surface area contributed by atoms with Crippen molar-refractivity contribution >= 4 is 5.91 Å². The molecule has 0 fully saturated rings. The van der Waals surface area contributed by atoms with Gasteiger partial charge < -0.3 is 10.1 Å². The van der Waals surface area contributed by atoms with Crippen LogP contribution in [0.4, 0.5) is 0 Å². The summed E-state index contributed by atoms with van der Waals surface area (Å²) in [6.07, 6.45) is 4.43. The highest BCUT2D eigenvalue weighted by molar-refractivity contribution is 5.86. The highest BCUT2D eigenvalue weighted by atomic mass is 16.5. The molecule has 3 nitrogen and oxygen atoms in total. The molecule has 0 saturated carbocycles. The Morgan fingerprint density at radius 1 is 1.80 bits per heavy atom. The number of carbonyl (C=O) groups excluding carboxylic acids is 1. The highest BCUT2D eigenvalue weighted by Gasteiger charge is 1.88. The second-order valence-electron chi connectivity index (χ2n) is 1.53. The van der Waals surface area contributed by atoms with Gasteiger partial charge in [-0.15, -0.1) is 0 Å². The monoisotopic (exact) mass is 141 g/mol. The number of hydrogen-bond donors (Lipinski definition) is 1. The molecule has 0 radical (unpaired) electrons. The Morgan fingerprint density at radius 2 is 2.50 bits per heavy atom. The van der Waals surface area contributed by atoms with Crippen LogP contribution in [0.25, 0.3) is 0 Å². The number of amides is 1. The molecule has 0 rings (SSSR count). The SMILES string of the molecule is C=CC(=O)NCO/C=C\C. The molecule has 0 aromatic carbocycles. The first-order valence-electron chi connectivity index (χ1n) is 2.94. The summed E-state index contributed by atoms with van der Waals surface area (Å²) in [5.41, 5.74) is 0. The Bertz CT molecular complexity index is 141. The maximum absolute atomic E-state index is 10.4. The standard InChI is InChI=1S/C7H11NO2/c1-3-5-10-6-8-7(9)4-2/h3-5H,2,6H2,1H3,(H,8,9)/b5-3-. The molecule has 56 valence electrons. The van der Waals surface area contributed by atoms with E-state index in [1.165, 1.54) is 12.3 Å². The van der Waals surface area contributed by atoms with Crippen LogP contribution in [0, 0.1) is 0 Å². The summed E-state index contributed by atoms with van der Waals surface area (Å²) in [5.74, 6) is -0.232. The minimum atomic E-state index is -0.232. The summed E-state index contributed by atoms with van der Waals surface area (Å²) in [4.78, 5) is 10.4. The predicted octanol–water partition coefficient (Wildman–Crippen LogP) is 0.796. The molecule has 0 heterocycles. The molecule has 0 aliphatic carbocycles. The summed E-state index contributed by atoms with van der Waals surface area (Å²) in [6, 6.07) is 0. The number of ether oxygens (including phenoxy) is 1. The zero-order chi connectivity index (χ0) is 7.82. The average molecular weight is 141 g/mol. The maximum atomic E-state index is 10.4. The molecular weight excluding hydrogens is 130 g/mol. The number of hydrogen-bond acceptors (Lipinski definition) is 2. The van der Waals surface area contributed by atoms with Crippen LogP contribution in [0.15, 0.2) is 25.0 Å². The zero-order valence-corrected chi connectivity index (χ0v) is 5.96. The minimum Gasteiger partial charge on any atom is -0.481 e. The van der Waals surface area contributed by atoms with E-state index in [1.54, 1.807) is 6.08 Å². The van der Waals surface area contributed by atoms with Gasteiger partial charge in [0.2, 0.25) is 5.91 Å². The molecule has 0 aliphatic heterocycles. The Labute approximate surface area is 60.4 Å². The van der Waals surface area contributed by atoms with Crippen LogP contribution in [0.3, 0.4) is 0 Å². The normalized spacial score (nSPS) is 9.30. The number of carbonyl (C=O) groups is 1. The van der Waals surface area contributed by atoms with Crippen LogP contribution in [0.2, 0.25) is 0 Å². The van der Waals surface area contributed by atoms with Gasteiger partial charge in [-0.3, -0.25) is 4.79 Å². The van der Waals surface area contributed by atoms with Gasteiger partial charge in [-0.1, -0.05) is 12.7 Å². The van der Waals surface area contributed by atoms with E-state index in [0.29, 0.717) is 0 Å². The molecule has 1 N–H and O–H groups in total. The Kier molecular flexibility index (Phi) is 5.14. The molecular formula is C7H11NO2. The van der Waals surface area contributed by atoms with E-state index in [1.807, 2.05) is 6.92 Å². The number of nitrogens with one attached hydrogen (secondary N) is 1. The van der Waals surface area contributed by atoms with E-state index in [9.17, 15) is 4.79 Å². The van der Waals surface area contributed by atoms with Crippen molar-refractivity contribution < 1.29 is 9.53 Å². The molecule has 10 heavy (non-hydrogen) atoms. The largest absolute Gasteiger partial charge is 0.481 e. The van der Waals surface area contributed by atoms with E-state index in [2.05, 4.69) is 11.9 Å². The maximum Gasteiger partial charge on any atom is 0.245 e. The van der Waals surface area contributed by atoms with Crippen LogP contribution >= 0.6 is 0 Å². The number of rotatable bonds is 4. The molecule has 0 spiro atoms. The summed E-state index contributed by atoms with van der Waals surface area (Å²) in [5, 5.41) is 2.44. The third-order valence-electron chi connectivity index (χ3n) is 0.747. The molecule has 0 aromatic rings. The van der Waals surface area contributed by atoms with Crippen LogP contribution in [0.1, 0.15) is 6.92 Å². The van der Waals surface area contributed by atoms with Gasteiger partial charge >= 0.3 is 0 Å². The van der Waals surface area contributed by atoms with Crippen molar-refractivity contribution in [2.45, 2.75) is 6.92 Å². The Hall–Kier alpha value is -1.25. The average Bonchev–Trinajstić information content (AvgIpc) is 1.98. The van der Waals surface area contributed by atoms with Crippen molar-refractivity contribution in [2.24, 2.45) is 0 Å². The lowest BCUT2D eigenvalue weighted by Gasteiger charge is -1.99. The van der Waals surface area contributed by atoms with Gasteiger partial charge in [0.05, 0.1) is 6.26 Å². The van der Waals surface area contributed by atoms with Crippen LogP contribution in [0.5, 0.6) is 0 Å². The van der Waals surface area contributed by atoms with Gasteiger partial charge in [0, 0.05) is 0 Å². The third-order valence-corrected chi connectivity index (χ3v) is 0.747. The molecule has 0 saturated heterocycles.